The molecule has 0 heterocycles. The van der Waals surface area contributed by atoms with Crippen molar-refractivity contribution in [3.63, 3.8) is 0 Å². The van der Waals surface area contributed by atoms with Gasteiger partial charge in [0.05, 0.1) is 5.97 Å². The van der Waals surface area contributed by atoms with Crippen molar-refractivity contribution in [1.29, 1.82) is 0 Å². The van der Waals surface area contributed by atoms with Crippen LogP contribution in [0.15, 0.2) is 49.1 Å². The molecule has 2 nitrogen and oxygen atoms in total. The van der Waals surface area contributed by atoms with Gasteiger partial charge in [0.25, 0.3) is 0 Å². The molecular formula is C26H29O2-. The van der Waals surface area contributed by atoms with Gasteiger partial charge in [-0.05, 0) is 75.6 Å². The van der Waals surface area contributed by atoms with Crippen molar-refractivity contribution in [2.24, 2.45) is 0 Å². The second kappa shape index (κ2) is 7.09. The molecule has 0 radical (unpaired) electrons. The van der Waals surface area contributed by atoms with Gasteiger partial charge in [-0.2, -0.15) is 0 Å². The van der Waals surface area contributed by atoms with Gasteiger partial charge in [0.15, 0.2) is 0 Å². The maximum Gasteiger partial charge on any atom is 0.0643 e. The fraction of sp³-hybridized carbons (Fsp3) is 0.346. The molecule has 2 heteroatoms. The lowest BCUT2D eigenvalue weighted by Gasteiger charge is -2.42. The number of aryl methyl sites for hydroxylation is 1. The normalized spacial score (nSPS) is 17.3. The minimum atomic E-state index is -1.20. The summed E-state index contributed by atoms with van der Waals surface area (Å²) in [6.07, 6.45) is 4.99. The van der Waals surface area contributed by atoms with Crippen LogP contribution in [0, 0.1) is 6.92 Å². The summed E-state index contributed by atoms with van der Waals surface area (Å²) in [5.41, 5.74) is 8.14. The van der Waals surface area contributed by atoms with Crippen molar-refractivity contribution in [3.05, 3.63) is 82.4 Å². The highest BCUT2D eigenvalue weighted by Gasteiger charge is 2.37. The summed E-state index contributed by atoms with van der Waals surface area (Å²) in [7, 11) is 0. The Hall–Kier alpha value is -2.61. The lowest BCUT2D eigenvalue weighted by molar-refractivity contribution is -0.297. The van der Waals surface area contributed by atoms with Crippen LogP contribution in [0.5, 0.6) is 0 Å². The Kier molecular flexibility index (Phi) is 5.10. The smallest absolute Gasteiger partial charge is 0.0643 e. The first-order valence-corrected chi connectivity index (χ1v) is 9.86. The van der Waals surface area contributed by atoms with Gasteiger partial charge in [0, 0.05) is 0 Å². The zero-order chi connectivity index (χ0) is 20.7. The Morgan fingerprint density at radius 3 is 2.18 bits per heavy atom. The largest absolute Gasteiger partial charge is 0.545 e. The summed E-state index contributed by atoms with van der Waals surface area (Å²) in [5.74, 6) is -1.20. The van der Waals surface area contributed by atoms with E-state index in [0.29, 0.717) is 0 Å². The van der Waals surface area contributed by atoms with E-state index in [9.17, 15) is 9.90 Å². The zero-order valence-corrected chi connectivity index (χ0v) is 17.6. The number of fused-ring (bicyclic) bond motifs is 1. The van der Waals surface area contributed by atoms with Crippen molar-refractivity contribution >= 4 is 17.6 Å². The number of carbonyl (C=O) groups excluding carboxylic acids is 1. The molecule has 0 aliphatic heterocycles. The summed E-state index contributed by atoms with van der Waals surface area (Å²) in [6.45, 7) is 15.8. The molecule has 0 bridgehead atoms. The molecule has 0 saturated carbocycles. The monoisotopic (exact) mass is 373 g/mol. The third-order valence-corrected chi connectivity index (χ3v) is 6.21. The maximum atomic E-state index is 10.9. The van der Waals surface area contributed by atoms with E-state index in [2.05, 4.69) is 53.3 Å². The van der Waals surface area contributed by atoms with Gasteiger partial charge in [-0.15, -0.1) is 0 Å². The van der Waals surface area contributed by atoms with E-state index >= 15 is 0 Å². The summed E-state index contributed by atoms with van der Waals surface area (Å²) in [5, 5.41) is 10.9. The van der Waals surface area contributed by atoms with Crippen molar-refractivity contribution in [2.75, 3.05) is 0 Å². The summed E-state index contributed by atoms with van der Waals surface area (Å²) in [4.78, 5) is 10.9. The van der Waals surface area contributed by atoms with Crippen LogP contribution < -0.4 is 5.11 Å². The molecule has 2 aromatic carbocycles. The average Bonchev–Trinajstić information content (AvgIpc) is 2.63. The molecule has 0 atom stereocenters. The molecule has 0 aromatic heterocycles. The van der Waals surface area contributed by atoms with Crippen LogP contribution in [0.2, 0.25) is 0 Å². The van der Waals surface area contributed by atoms with Crippen LogP contribution in [0.1, 0.15) is 73.9 Å². The molecule has 0 unspecified atom stereocenters. The first-order chi connectivity index (χ1) is 13.0. The second-order valence-electron chi connectivity index (χ2n) is 9.20. The third kappa shape index (κ3) is 3.69. The summed E-state index contributed by atoms with van der Waals surface area (Å²) >= 11 is 0. The number of rotatable bonds is 4. The zero-order valence-electron chi connectivity index (χ0n) is 17.6. The van der Waals surface area contributed by atoms with Crippen molar-refractivity contribution in [2.45, 2.75) is 58.3 Å². The van der Waals surface area contributed by atoms with Crippen LogP contribution >= 0.6 is 0 Å². The van der Waals surface area contributed by atoms with E-state index in [4.69, 9.17) is 0 Å². The van der Waals surface area contributed by atoms with Gasteiger partial charge < -0.3 is 9.90 Å². The fourth-order valence-electron chi connectivity index (χ4n) is 4.27. The van der Waals surface area contributed by atoms with Crippen LogP contribution in [0.3, 0.4) is 0 Å². The number of hydrogen-bond donors (Lipinski definition) is 0. The topological polar surface area (TPSA) is 40.1 Å². The number of aliphatic carboxylic acids is 1. The Bertz CT molecular complexity index is 974. The van der Waals surface area contributed by atoms with Crippen molar-refractivity contribution < 1.29 is 9.90 Å². The predicted octanol–water partition coefficient (Wildman–Crippen LogP) is 5.17. The SMILES string of the molecule is C=C(c1cc2c(cc1C)C(C)(C)CCC2(C)C)c1ccccc1/C=C/C(=O)[O-]. The molecule has 28 heavy (non-hydrogen) atoms. The minimum absolute atomic E-state index is 0.127. The fourth-order valence-corrected chi connectivity index (χ4v) is 4.27. The summed E-state index contributed by atoms with van der Waals surface area (Å²) in [6, 6.07) is 12.4. The van der Waals surface area contributed by atoms with E-state index in [1.807, 2.05) is 24.3 Å². The highest BCUT2D eigenvalue weighted by molar-refractivity contribution is 5.89. The number of benzene rings is 2. The highest BCUT2D eigenvalue weighted by atomic mass is 16.4. The molecule has 0 fully saturated rings. The number of carboxylic acids is 1. The predicted molar refractivity (Wildman–Crippen MR) is 115 cm³/mol. The molecule has 0 spiro atoms. The second-order valence-corrected chi connectivity index (χ2v) is 9.20. The quantitative estimate of drug-likeness (QED) is 0.694. The molecular weight excluding hydrogens is 344 g/mol. The third-order valence-electron chi connectivity index (χ3n) is 6.21. The highest BCUT2D eigenvalue weighted by Crippen LogP contribution is 2.47. The van der Waals surface area contributed by atoms with E-state index in [0.717, 1.165) is 34.8 Å². The van der Waals surface area contributed by atoms with Crippen LogP contribution in [-0.2, 0) is 15.6 Å². The lowest BCUT2D eigenvalue weighted by Crippen LogP contribution is -2.34. The summed E-state index contributed by atoms with van der Waals surface area (Å²) < 4.78 is 0. The molecule has 0 saturated heterocycles. The minimum Gasteiger partial charge on any atom is -0.545 e. The van der Waals surface area contributed by atoms with E-state index < -0.39 is 5.97 Å². The van der Waals surface area contributed by atoms with Gasteiger partial charge in [-0.3, -0.25) is 0 Å². The molecule has 3 rings (SSSR count). The Morgan fingerprint density at radius 2 is 1.57 bits per heavy atom. The average molecular weight is 374 g/mol. The van der Waals surface area contributed by atoms with Crippen molar-refractivity contribution in [3.8, 4) is 0 Å². The van der Waals surface area contributed by atoms with Gasteiger partial charge >= 0.3 is 0 Å². The molecule has 0 N–H and O–H groups in total. The van der Waals surface area contributed by atoms with E-state index in [1.165, 1.54) is 23.1 Å². The lowest BCUT2D eigenvalue weighted by atomic mass is 9.62. The van der Waals surface area contributed by atoms with Crippen LogP contribution in [0.25, 0.3) is 11.6 Å². The maximum absolute atomic E-state index is 10.9. The molecule has 1 aliphatic rings. The van der Waals surface area contributed by atoms with Crippen molar-refractivity contribution in [1.82, 2.24) is 0 Å². The van der Waals surface area contributed by atoms with Gasteiger partial charge in [-0.25, -0.2) is 0 Å². The number of hydrogen-bond acceptors (Lipinski definition) is 2. The standard InChI is InChI=1S/C26H30O2/c1-17-15-22-23(26(5,6)14-13-25(22,3)4)16-21(17)18(2)20-10-8-7-9-19(20)11-12-24(27)28/h7-12,15-16H,2,13-14H2,1,3-6H3,(H,27,28)/p-1/b12-11+. The molecule has 146 valence electrons. The molecule has 2 aromatic rings. The molecule has 0 amide bonds. The molecule has 1 aliphatic carbocycles. The van der Waals surface area contributed by atoms with E-state index in [1.54, 1.807) is 6.08 Å². The number of carboxylic acid groups (broad SMARTS) is 1. The van der Waals surface area contributed by atoms with Gasteiger partial charge in [0.1, 0.15) is 0 Å². The van der Waals surface area contributed by atoms with E-state index in [-0.39, 0.29) is 10.8 Å². The Labute approximate surface area is 168 Å². The van der Waals surface area contributed by atoms with Gasteiger partial charge in [-0.1, -0.05) is 76.7 Å². The first kappa shape index (κ1) is 20.1. The number of carbonyl (C=O) groups is 1. The Morgan fingerprint density at radius 1 is 1.00 bits per heavy atom. The Balaban J connectivity index is 2.14. The van der Waals surface area contributed by atoms with Crippen LogP contribution in [0.4, 0.5) is 0 Å². The first-order valence-electron chi connectivity index (χ1n) is 9.86. The van der Waals surface area contributed by atoms with Gasteiger partial charge in [0.2, 0.25) is 0 Å². The van der Waals surface area contributed by atoms with Crippen LogP contribution in [-0.4, -0.2) is 5.97 Å².